The zero-order chi connectivity index (χ0) is 19.0. The Morgan fingerprint density at radius 2 is 1.25 bits per heavy atom. The Labute approximate surface area is 152 Å². The molecule has 24 heavy (non-hydrogen) atoms. The molecule has 0 amide bonds. The highest BCUT2D eigenvalue weighted by molar-refractivity contribution is 5.27. The Morgan fingerprint density at radius 3 is 1.67 bits per heavy atom. The molecule has 1 aromatic carbocycles. The number of hydrogen-bond donors (Lipinski definition) is 0. The van der Waals surface area contributed by atoms with Crippen LogP contribution in [0, 0.1) is 29.1 Å². The third kappa shape index (κ3) is 5.11. The van der Waals surface area contributed by atoms with Gasteiger partial charge in [0.15, 0.2) is 0 Å². The molecule has 1 unspecified atom stereocenters. The van der Waals surface area contributed by atoms with Gasteiger partial charge in [-0.25, -0.2) is 0 Å². The molecule has 0 heterocycles. The van der Waals surface area contributed by atoms with Crippen LogP contribution < -0.4 is 0 Å². The largest absolute Gasteiger partial charge is 0.0620 e. The highest BCUT2D eigenvalue weighted by Crippen LogP contribution is 2.50. The normalized spacial score (nSPS) is 15.5. The summed E-state index contributed by atoms with van der Waals surface area (Å²) >= 11 is 0. The van der Waals surface area contributed by atoms with E-state index in [-0.39, 0.29) is 5.41 Å². The van der Waals surface area contributed by atoms with Crippen LogP contribution in [0.25, 0.3) is 0 Å². The van der Waals surface area contributed by atoms with Gasteiger partial charge in [0.05, 0.1) is 0 Å². The molecule has 0 aliphatic heterocycles. The quantitative estimate of drug-likeness (QED) is 0.499. The molecule has 0 N–H and O–H groups in total. The third-order valence-corrected chi connectivity index (χ3v) is 6.91. The minimum Gasteiger partial charge on any atom is -0.0620 e. The molecule has 1 atom stereocenters. The second-order valence-corrected chi connectivity index (χ2v) is 11.2. The van der Waals surface area contributed by atoms with Gasteiger partial charge in [0.25, 0.3) is 0 Å². The molecule has 0 aliphatic carbocycles. The predicted molar refractivity (Wildman–Crippen MR) is 110 cm³/mol. The molecule has 0 bridgehead atoms. The summed E-state index contributed by atoms with van der Waals surface area (Å²) in [5.41, 5.74) is 4.02. The Bertz CT molecular complexity index is 520. The molecule has 0 aliphatic rings. The molecule has 0 nitrogen and oxygen atoms in total. The lowest BCUT2D eigenvalue weighted by atomic mass is 9.58. The second-order valence-electron chi connectivity index (χ2n) is 11.2. The Balaban J connectivity index is 2.91. The van der Waals surface area contributed by atoms with E-state index >= 15 is 0 Å². The van der Waals surface area contributed by atoms with E-state index in [1.807, 2.05) is 0 Å². The van der Waals surface area contributed by atoms with Gasteiger partial charge in [-0.2, -0.15) is 0 Å². The highest BCUT2D eigenvalue weighted by Gasteiger charge is 2.41. The van der Waals surface area contributed by atoms with E-state index in [0.29, 0.717) is 22.2 Å². The highest BCUT2D eigenvalue weighted by atomic mass is 14.5. The van der Waals surface area contributed by atoms with Crippen molar-refractivity contribution >= 4 is 0 Å². The maximum atomic E-state index is 2.47. The predicted octanol–water partition coefficient (Wildman–Crippen LogP) is 7.79. The monoisotopic (exact) mass is 330 g/mol. The molecule has 0 heteroatoms. The van der Waals surface area contributed by atoms with E-state index in [9.17, 15) is 0 Å². The molecule has 0 saturated carbocycles. The Hall–Kier alpha value is -0.780. The number of rotatable bonds is 6. The van der Waals surface area contributed by atoms with Crippen LogP contribution in [-0.4, -0.2) is 0 Å². The first-order chi connectivity index (χ1) is 10.6. The fourth-order valence-corrected chi connectivity index (χ4v) is 3.74. The van der Waals surface area contributed by atoms with Gasteiger partial charge in [0.1, 0.15) is 0 Å². The van der Waals surface area contributed by atoms with Crippen LogP contribution in [-0.2, 0) is 5.41 Å². The third-order valence-electron chi connectivity index (χ3n) is 6.91. The van der Waals surface area contributed by atoms with E-state index in [1.54, 1.807) is 0 Å². The van der Waals surface area contributed by atoms with Gasteiger partial charge in [-0.3, -0.25) is 0 Å². The Kier molecular flexibility index (Phi) is 6.07. The van der Waals surface area contributed by atoms with Crippen molar-refractivity contribution in [3.63, 3.8) is 0 Å². The minimum absolute atomic E-state index is 0.219. The van der Waals surface area contributed by atoms with Crippen molar-refractivity contribution in [1.29, 1.82) is 0 Å². The second kappa shape index (κ2) is 6.85. The van der Waals surface area contributed by atoms with Crippen molar-refractivity contribution in [2.45, 2.75) is 94.4 Å². The van der Waals surface area contributed by atoms with Crippen LogP contribution in [0.2, 0.25) is 0 Å². The van der Waals surface area contributed by atoms with Crippen molar-refractivity contribution < 1.29 is 0 Å². The maximum Gasteiger partial charge on any atom is -0.0101 e. The SMILES string of the molecule is Cc1ccc(C(C)(C)CC(C)C(C)(C)CC(C)(C)C(C)(C)C)cc1. The minimum atomic E-state index is 0.219. The van der Waals surface area contributed by atoms with Crippen molar-refractivity contribution in [3.8, 4) is 0 Å². The van der Waals surface area contributed by atoms with Crippen molar-refractivity contribution in [3.05, 3.63) is 35.4 Å². The number of hydrogen-bond acceptors (Lipinski definition) is 0. The van der Waals surface area contributed by atoms with Crippen LogP contribution in [0.5, 0.6) is 0 Å². The standard InChI is InChI=1S/C24H42/c1-18-12-14-20(15-13-18)22(6,7)16-19(2)23(8,9)17-24(10,11)21(3,4)5/h12-15,19H,16-17H2,1-11H3. The smallest absolute Gasteiger partial charge is 0.0101 e. The van der Waals surface area contributed by atoms with Crippen LogP contribution in [0.3, 0.4) is 0 Å². The number of aryl methyl sites for hydroxylation is 1. The molecular formula is C24H42. The lowest BCUT2D eigenvalue weighted by Crippen LogP contribution is -2.38. The summed E-state index contributed by atoms with van der Waals surface area (Å²) in [5, 5.41) is 0. The van der Waals surface area contributed by atoms with E-state index in [4.69, 9.17) is 0 Å². The van der Waals surface area contributed by atoms with Crippen LogP contribution >= 0.6 is 0 Å². The van der Waals surface area contributed by atoms with E-state index in [1.165, 1.54) is 24.0 Å². The summed E-state index contributed by atoms with van der Waals surface area (Å²) in [4.78, 5) is 0. The molecule has 1 rings (SSSR count). The summed E-state index contributed by atoms with van der Waals surface area (Å²) in [6, 6.07) is 9.12. The lowest BCUT2D eigenvalue weighted by Gasteiger charge is -2.47. The molecule has 1 aromatic rings. The fraction of sp³-hybridized carbons (Fsp3) is 0.750. The van der Waals surface area contributed by atoms with Crippen molar-refractivity contribution in [2.24, 2.45) is 22.2 Å². The number of benzene rings is 1. The summed E-state index contributed by atoms with van der Waals surface area (Å²) < 4.78 is 0. The Morgan fingerprint density at radius 1 is 0.792 bits per heavy atom. The van der Waals surface area contributed by atoms with Gasteiger partial charge in [-0.05, 0) is 52.9 Å². The molecule has 0 saturated heterocycles. The lowest BCUT2D eigenvalue weighted by molar-refractivity contribution is 0.0352. The van der Waals surface area contributed by atoms with E-state index < -0.39 is 0 Å². The van der Waals surface area contributed by atoms with Gasteiger partial charge < -0.3 is 0 Å². The summed E-state index contributed by atoms with van der Waals surface area (Å²) in [5.74, 6) is 0.676. The fourth-order valence-electron chi connectivity index (χ4n) is 3.74. The van der Waals surface area contributed by atoms with Crippen molar-refractivity contribution in [2.75, 3.05) is 0 Å². The zero-order valence-electron chi connectivity index (χ0n) is 18.3. The average Bonchev–Trinajstić information content (AvgIpc) is 2.36. The molecule has 138 valence electrons. The first-order valence-corrected chi connectivity index (χ1v) is 9.66. The van der Waals surface area contributed by atoms with Gasteiger partial charge in [-0.15, -0.1) is 0 Å². The maximum absolute atomic E-state index is 2.47. The van der Waals surface area contributed by atoms with Crippen LogP contribution in [0.4, 0.5) is 0 Å². The van der Waals surface area contributed by atoms with Gasteiger partial charge in [0, 0.05) is 0 Å². The average molecular weight is 331 g/mol. The molecule has 0 aromatic heterocycles. The first kappa shape index (κ1) is 21.3. The van der Waals surface area contributed by atoms with E-state index in [2.05, 4.69) is 100 Å². The van der Waals surface area contributed by atoms with E-state index in [0.717, 1.165) is 0 Å². The van der Waals surface area contributed by atoms with Gasteiger partial charge in [0.2, 0.25) is 0 Å². The molecule has 0 fully saturated rings. The molecular weight excluding hydrogens is 288 g/mol. The topological polar surface area (TPSA) is 0 Å². The van der Waals surface area contributed by atoms with Gasteiger partial charge >= 0.3 is 0 Å². The first-order valence-electron chi connectivity index (χ1n) is 9.66. The van der Waals surface area contributed by atoms with Gasteiger partial charge in [-0.1, -0.05) is 99.1 Å². The zero-order valence-corrected chi connectivity index (χ0v) is 18.3. The van der Waals surface area contributed by atoms with Crippen LogP contribution in [0.1, 0.15) is 93.2 Å². The molecule has 0 radical (unpaired) electrons. The summed E-state index contributed by atoms with van der Waals surface area (Å²) in [7, 11) is 0. The van der Waals surface area contributed by atoms with Crippen molar-refractivity contribution in [1.82, 2.24) is 0 Å². The van der Waals surface area contributed by atoms with Crippen LogP contribution in [0.15, 0.2) is 24.3 Å². The summed E-state index contributed by atoms with van der Waals surface area (Å²) in [6.07, 6.45) is 2.48. The molecule has 0 spiro atoms. The summed E-state index contributed by atoms with van der Waals surface area (Å²) in [6.45, 7) is 26.4.